The smallest absolute Gasteiger partial charge is 0.120 e. The topological polar surface area (TPSA) is 53.1 Å². The van der Waals surface area contributed by atoms with Crippen molar-refractivity contribution in [3.63, 3.8) is 0 Å². The van der Waals surface area contributed by atoms with E-state index in [1.807, 2.05) is 29.2 Å². The predicted molar refractivity (Wildman–Crippen MR) is 80.6 cm³/mol. The lowest BCUT2D eigenvalue weighted by Gasteiger charge is -2.10. The highest BCUT2D eigenvalue weighted by Gasteiger charge is 2.04. The third-order valence-electron chi connectivity index (χ3n) is 3.34. The van der Waals surface area contributed by atoms with Gasteiger partial charge in [0.2, 0.25) is 0 Å². The zero-order valence-corrected chi connectivity index (χ0v) is 12.2. The summed E-state index contributed by atoms with van der Waals surface area (Å²) in [6, 6.07) is 8.37. The molecule has 0 aliphatic rings. The quantitative estimate of drug-likeness (QED) is 0.844. The fraction of sp³-hybridized carbons (Fsp3) is 0.438. The van der Waals surface area contributed by atoms with Crippen molar-refractivity contribution in [2.24, 2.45) is 5.73 Å². The molecule has 4 nitrogen and oxygen atoms in total. The van der Waals surface area contributed by atoms with Gasteiger partial charge in [-0.1, -0.05) is 19.1 Å². The molecule has 2 rings (SSSR count). The molecule has 0 fully saturated rings. The van der Waals surface area contributed by atoms with Gasteiger partial charge in [-0.15, -0.1) is 0 Å². The fourth-order valence-electron chi connectivity index (χ4n) is 2.03. The molecular formula is C16H23N3O. The van der Waals surface area contributed by atoms with Crippen LogP contribution in [0.15, 0.2) is 36.7 Å². The lowest BCUT2D eigenvalue weighted by molar-refractivity contribution is 0.305. The van der Waals surface area contributed by atoms with Crippen LogP contribution in [0.1, 0.15) is 31.4 Å². The second kappa shape index (κ2) is 7.10. The molecule has 1 aromatic carbocycles. The van der Waals surface area contributed by atoms with Gasteiger partial charge in [-0.3, -0.25) is 4.68 Å². The van der Waals surface area contributed by atoms with Gasteiger partial charge >= 0.3 is 0 Å². The first-order valence-corrected chi connectivity index (χ1v) is 7.20. The summed E-state index contributed by atoms with van der Waals surface area (Å²) in [5.41, 5.74) is 8.30. The zero-order valence-electron chi connectivity index (χ0n) is 12.2. The highest BCUT2D eigenvalue weighted by molar-refractivity contribution is 5.29. The van der Waals surface area contributed by atoms with Crippen molar-refractivity contribution in [2.75, 3.05) is 0 Å². The Balaban J connectivity index is 1.93. The summed E-state index contributed by atoms with van der Waals surface area (Å²) in [4.78, 5) is 0. The van der Waals surface area contributed by atoms with Gasteiger partial charge in [-0.2, -0.15) is 5.10 Å². The van der Waals surface area contributed by atoms with Crippen molar-refractivity contribution in [1.82, 2.24) is 9.78 Å². The molecule has 0 saturated carbocycles. The van der Waals surface area contributed by atoms with Crippen LogP contribution in [0.25, 0.3) is 0 Å². The highest BCUT2D eigenvalue weighted by Crippen LogP contribution is 2.16. The maximum atomic E-state index is 5.99. The van der Waals surface area contributed by atoms with E-state index in [1.54, 1.807) is 0 Å². The van der Waals surface area contributed by atoms with E-state index < -0.39 is 0 Å². The van der Waals surface area contributed by atoms with Crippen molar-refractivity contribution < 1.29 is 4.74 Å². The normalized spacial score (nSPS) is 12.3. The number of hydrogen-bond acceptors (Lipinski definition) is 3. The van der Waals surface area contributed by atoms with Crippen molar-refractivity contribution >= 4 is 0 Å². The predicted octanol–water partition coefficient (Wildman–Crippen LogP) is 2.76. The molecule has 2 aromatic rings. The summed E-state index contributed by atoms with van der Waals surface area (Å²) < 4.78 is 7.71. The van der Waals surface area contributed by atoms with Gasteiger partial charge in [0.05, 0.1) is 6.20 Å². The molecule has 108 valence electrons. The summed E-state index contributed by atoms with van der Waals surface area (Å²) in [7, 11) is 0. The largest absolute Gasteiger partial charge is 0.489 e. The molecule has 1 aromatic heterocycles. The lowest BCUT2D eigenvalue weighted by Crippen LogP contribution is -2.21. The average molecular weight is 273 g/mol. The minimum absolute atomic E-state index is 0.216. The Morgan fingerprint density at radius 3 is 2.85 bits per heavy atom. The number of aryl methyl sites for hydroxylation is 1. The van der Waals surface area contributed by atoms with Crippen molar-refractivity contribution in [2.45, 2.75) is 45.9 Å². The van der Waals surface area contributed by atoms with E-state index in [9.17, 15) is 0 Å². The van der Waals surface area contributed by atoms with E-state index in [0.29, 0.717) is 6.61 Å². The Morgan fingerprint density at radius 1 is 1.30 bits per heavy atom. The number of aromatic nitrogens is 2. The number of ether oxygens (including phenoxy) is 1. The monoisotopic (exact) mass is 273 g/mol. The Morgan fingerprint density at radius 2 is 2.15 bits per heavy atom. The third-order valence-corrected chi connectivity index (χ3v) is 3.34. The molecule has 0 aliphatic heterocycles. The molecule has 0 aliphatic carbocycles. The number of nitrogens with two attached hydrogens (primary N) is 1. The van der Waals surface area contributed by atoms with E-state index in [4.69, 9.17) is 10.5 Å². The second-order valence-corrected chi connectivity index (χ2v) is 5.01. The molecule has 0 amide bonds. The van der Waals surface area contributed by atoms with Gasteiger partial charge < -0.3 is 10.5 Å². The average Bonchev–Trinajstić information content (AvgIpc) is 2.93. The van der Waals surface area contributed by atoms with Crippen LogP contribution in [-0.2, 0) is 19.6 Å². The van der Waals surface area contributed by atoms with Crippen molar-refractivity contribution in [3.8, 4) is 5.75 Å². The molecule has 0 bridgehead atoms. The molecule has 0 radical (unpaired) electrons. The zero-order chi connectivity index (χ0) is 14.4. The maximum Gasteiger partial charge on any atom is 0.120 e. The Hall–Kier alpha value is -1.81. The molecule has 0 spiro atoms. The standard InChI is InChI=1S/C16H23N3O/c1-3-15(17)8-13-6-5-7-16(9-13)20-12-14-10-18-19(4-2)11-14/h5-7,9-11,15H,3-4,8,12,17H2,1-2H3. The van der Waals surface area contributed by atoms with Crippen LogP contribution < -0.4 is 10.5 Å². The van der Waals surface area contributed by atoms with E-state index in [-0.39, 0.29) is 6.04 Å². The van der Waals surface area contributed by atoms with Gasteiger partial charge in [-0.25, -0.2) is 0 Å². The van der Waals surface area contributed by atoms with E-state index in [2.05, 4.69) is 31.1 Å². The summed E-state index contributed by atoms with van der Waals surface area (Å²) >= 11 is 0. The van der Waals surface area contributed by atoms with Gasteiger partial charge in [0, 0.05) is 24.3 Å². The minimum Gasteiger partial charge on any atom is -0.489 e. The summed E-state index contributed by atoms with van der Waals surface area (Å²) in [5.74, 6) is 0.884. The van der Waals surface area contributed by atoms with Crippen LogP contribution in [-0.4, -0.2) is 15.8 Å². The maximum absolute atomic E-state index is 5.99. The van der Waals surface area contributed by atoms with E-state index >= 15 is 0 Å². The number of hydrogen-bond donors (Lipinski definition) is 1. The Labute approximate surface area is 120 Å². The minimum atomic E-state index is 0.216. The molecule has 20 heavy (non-hydrogen) atoms. The van der Waals surface area contributed by atoms with Crippen molar-refractivity contribution in [3.05, 3.63) is 47.8 Å². The van der Waals surface area contributed by atoms with Crippen LogP contribution in [0.5, 0.6) is 5.75 Å². The van der Waals surface area contributed by atoms with Crippen LogP contribution in [0.4, 0.5) is 0 Å². The molecule has 4 heteroatoms. The van der Waals surface area contributed by atoms with Crippen molar-refractivity contribution in [1.29, 1.82) is 0 Å². The lowest BCUT2D eigenvalue weighted by atomic mass is 10.0. The molecule has 1 unspecified atom stereocenters. The highest BCUT2D eigenvalue weighted by atomic mass is 16.5. The molecule has 1 atom stereocenters. The van der Waals surface area contributed by atoms with Gasteiger partial charge in [-0.05, 0) is 37.5 Å². The van der Waals surface area contributed by atoms with Gasteiger partial charge in [0.1, 0.15) is 12.4 Å². The molecule has 2 N–H and O–H groups in total. The fourth-order valence-corrected chi connectivity index (χ4v) is 2.03. The van der Waals surface area contributed by atoms with Crippen LogP contribution in [0.3, 0.4) is 0 Å². The van der Waals surface area contributed by atoms with Gasteiger partial charge in [0.15, 0.2) is 0 Å². The SMILES string of the molecule is CCC(N)Cc1cccc(OCc2cnn(CC)c2)c1. The summed E-state index contributed by atoms with van der Waals surface area (Å²) in [6.07, 6.45) is 5.74. The van der Waals surface area contributed by atoms with E-state index in [0.717, 1.165) is 30.7 Å². The first-order valence-electron chi connectivity index (χ1n) is 7.20. The number of benzene rings is 1. The summed E-state index contributed by atoms with van der Waals surface area (Å²) in [5, 5.41) is 4.24. The molecule has 1 heterocycles. The first kappa shape index (κ1) is 14.6. The first-order chi connectivity index (χ1) is 9.71. The van der Waals surface area contributed by atoms with Crippen LogP contribution in [0.2, 0.25) is 0 Å². The Bertz CT molecular complexity index is 536. The molecule has 0 saturated heterocycles. The van der Waals surface area contributed by atoms with Gasteiger partial charge in [0.25, 0.3) is 0 Å². The number of rotatable bonds is 7. The van der Waals surface area contributed by atoms with Crippen LogP contribution in [0, 0.1) is 0 Å². The van der Waals surface area contributed by atoms with Crippen LogP contribution >= 0.6 is 0 Å². The summed E-state index contributed by atoms with van der Waals surface area (Å²) in [6.45, 7) is 5.60. The Kier molecular flexibility index (Phi) is 5.18. The molecular weight excluding hydrogens is 250 g/mol. The third kappa shape index (κ3) is 4.10. The second-order valence-electron chi connectivity index (χ2n) is 5.01. The van der Waals surface area contributed by atoms with E-state index in [1.165, 1.54) is 5.56 Å². The number of nitrogens with zero attached hydrogens (tertiary/aromatic N) is 2.